The Kier molecular flexibility index (Phi) is 4.66. The monoisotopic (exact) mass is 360 g/mol. The molecule has 1 saturated carbocycles. The van der Waals surface area contributed by atoms with Crippen LogP contribution < -0.4 is 0 Å². The normalized spacial score (nSPS) is 44.0. The molecular formula is C16H24O5S2. The lowest BCUT2D eigenvalue weighted by atomic mass is 9.66. The number of thioether (sulfide) groups is 2. The largest absolute Gasteiger partial charge is 0.469 e. The van der Waals surface area contributed by atoms with Gasteiger partial charge in [0.1, 0.15) is 5.41 Å². The molecule has 2 saturated heterocycles. The van der Waals surface area contributed by atoms with Crippen LogP contribution >= 0.6 is 23.5 Å². The molecule has 0 aromatic rings. The molecule has 7 heteroatoms. The highest BCUT2D eigenvalue weighted by Crippen LogP contribution is 2.66. The maximum Gasteiger partial charge on any atom is 0.315 e. The van der Waals surface area contributed by atoms with Gasteiger partial charge in [-0.25, -0.2) is 0 Å². The number of aliphatic hydroxyl groups excluding tert-OH is 1. The Balaban J connectivity index is 1.99. The number of esters is 2. The summed E-state index contributed by atoms with van der Waals surface area (Å²) in [5, 5.41) is 11.0. The summed E-state index contributed by atoms with van der Waals surface area (Å²) in [6, 6.07) is 0. The summed E-state index contributed by atoms with van der Waals surface area (Å²) < 4.78 is 10.5. The van der Waals surface area contributed by atoms with Gasteiger partial charge < -0.3 is 14.6 Å². The fourth-order valence-corrected chi connectivity index (χ4v) is 8.13. The Hall–Kier alpha value is -0.400. The molecule has 5 nitrogen and oxygen atoms in total. The summed E-state index contributed by atoms with van der Waals surface area (Å²) in [6.07, 6.45) is 0.444. The average molecular weight is 360 g/mol. The van der Waals surface area contributed by atoms with Crippen LogP contribution in [0.2, 0.25) is 0 Å². The van der Waals surface area contributed by atoms with Crippen molar-refractivity contribution in [2.45, 2.75) is 37.4 Å². The van der Waals surface area contributed by atoms with Gasteiger partial charge in [0.25, 0.3) is 0 Å². The third-order valence-electron chi connectivity index (χ3n) is 6.08. The standard InChI is InChI=1S/C16H24O5S2/c1-15-8-21-14(19)16(15,2)12(18)9(7-10(17)20-3)11(15)13-22-5-4-6-23-13/h9,11-13,18H,4-8H2,1-3H3/t9-,11?,12?,15-,16-/m0/s1. The molecule has 0 bridgehead atoms. The number of hydrogen-bond acceptors (Lipinski definition) is 7. The minimum absolute atomic E-state index is 0.0448. The highest BCUT2D eigenvalue weighted by atomic mass is 32.2. The summed E-state index contributed by atoms with van der Waals surface area (Å²) in [4.78, 5) is 24.3. The van der Waals surface area contributed by atoms with Crippen LogP contribution in [0.5, 0.6) is 0 Å². The van der Waals surface area contributed by atoms with Crippen LogP contribution in [0.15, 0.2) is 0 Å². The molecular weight excluding hydrogens is 336 g/mol. The van der Waals surface area contributed by atoms with E-state index in [9.17, 15) is 14.7 Å². The first-order chi connectivity index (χ1) is 10.9. The van der Waals surface area contributed by atoms with Crippen molar-refractivity contribution in [3.63, 3.8) is 0 Å². The van der Waals surface area contributed by atoms with E-state index in [0.717, 1.165) is 11.5 Å². The van der Waals surface area contributed by atoms with E-state index < -0.39 is 16.9 Å². The summed E-state index contributed by atoms with van der Waals surface area (Å²) in [7, 11) is 1.36. The van der Waals surface area contributed by atoms with Crippen molar-refractivity contribution in [2.24, 2.45) is 22.7 Å². The van der Waals surface area contributed by atoms with Gasteiger partial charge in [-0.15, -0.1) is 23.5 Å². The highest BCUT2D eigenvalue weighted by molar-refractivity contribution is 8.17. The Morgan fingerprint density at radius 2 is 2.04 bits per heavy atom. The molecule has 0 amide bonds. The summed E-state index contributed by atoms with van der Waals surface area (Å²) in [5.41, 5.74) is -1.40. The molecule has 5 atom stereocenters. The van der Waals surface area contributed by atoms with Gasteiger partial charge in [-0.05, 0) is 30.8 Å². The third kappa shape index (κ3) is 2.42. The first-order valence-corrected chi connectivity index (χ1v) is 10.1. The number of methoxy groups -OCH3 is 1. The number of aliphatic hydroxyl groups is 1. The number of rotatable bonds is 3. The number of carbonyl (C=O) groups is 2. The second-order valence-corrected chi connectivity index (χ2v) is 9.87. The van der Waals surface area contributed by atoms with Crippen LogP contribution in [0.3, 0.4) is 0 Å². The number of fused-ring (bicyclic) bond motifs is 1. The lowest BCUT2D eigenvalue weighted by Gasteiger charge is -2.40. The third-order valence-corrected chi connectivity index (χ3v) is 9.19. The maximum atomic E-state index is 12.4. The van der Waals surface area contributed by atoms with E-state index >= 15 is 0 Å². The molecule has 1 N–H and O–H groups in total. The second-order valence-electron chi connectivity index (χ2n) is 7.07. The maximum absolute atomic E-state index is 12.4. The lowest BCUT2D eigenvalue weighted by molar-refractivity contribution is -0.153. The van der Waals surface area contributed by atoms with Crippen molar-refractivity contribution in [3.05, 3.63) is 0 Å². The van der Waals surface area contributed by atoms with Crippen molar-refractivity contribution < 1.29 is 24.2 Å². The zero-order valence-electron chi connectivity index (χ0n) is 13.7. The van der Waals surface area contributed by atoms with Gasteiger partial charge in [0.15, 0.2) is 0 Å². The van der Waals surface area contributed by atoms with Crippen molar-refractivity contribution >= 4 is 35.5 Å². The summed E-state index contributed by atoms with van der Waals surface area (Å²) in [5.74, 6) is 1.27. The minimum atomic E-state index is -0.949. The molecule has 2 aliphatic heterocycles. The van der Waals surface area contributed by atoms with Crippen LogP contribution in [-0.2, 0) is 19.1 Å². The quantitative estimate of drug-likeness (QED) is 0.771. The van der Waals surface area contributed by atoms with Gasteiger partial charge in [-0.2, -0.15) is 0 Å². The fraction of sp³-hybridized carbons (Fsp3) is 0.875. The van der Waals surface area contributed by atoms with Gasteiger partial charge >= 0.3 is 11.9 Å². The van der Waals surface area contributed by atoms with E-state index in [1.807, 2.05) is 30.4 Å². The Morgan fingerprint density at radius 3 is 2.65 bits per heavy atom. The number of hydrogen-bond donors (Lipinski definition) is 1. The van der Waals surface area contributed by atoms with Gasteiger partial charge in [0, 0.05) is 11.3 Å². The highest BCUT2D eigenvalue weighted by Gasteiger charge is 2.73. The van der Waals surface area contributed by atoms with Crippen LogP contribution in [0, 0.1) is 22.7 Å². The van der Waals surface area contributed by atoms with Gasteiger partial charge in [0.2, 0.25) is 0 Å². The molecule has 0 aromatic heterocycles. The molecule has 3 rings (SSSR count). The molecule has 3 fully saturated rings. The molecule has 0 spiro atoms. The van der Waals surface area contributed by atoms with Crippen molar-refractivity contribution in [2.75, 3.05) is 25.2 Å². The molecule has 23 heavy (non-hydrogen) atoms. The first kappa shape index (κ1) is 17.4. The van der Waals surface area contributed by atoms with Gasteiger partial charge in [0.05, 0.1) is 30.8 Å². The number of cyclic esters (lactones) is 1. The minimum Gasteiger partial charge on any atom is -0.469 e. The zero-order chi connectivity index (χ0) is 16.8. The fourth-order valence-electron chi connectivity index (χ4n) is 4.48. The average Bonchev–Trinajstić information content (AvgIpc) is 2.88. The van der Waals surface area contributed by atoms with E-state index in [-0.39, 0.29) is 34.8 Å². The van der Waals surface area contributed by atoms with Gasteiger partial charge in [-0.1, -0.05) is 6.92 Å². The predicted molar refractivity (Wildman–Crippen MR) is 90.1 cm³/mol. The summed E-state index contributed by atoms with van der Waals surface area (Å²) >= 11 is 3.76. The SMILES string of the molecule is COC(=O)C[C@H]1C(C2SCCCS2)[C@]2(C)COC(=O)[C@]2(C)C1O. The van der Waals surface area contributed by atoms with Crippen molar-refractivity contribution in [1.82, 2.24) is 0 Å². The smallest absolute Gasteiger partial charge is 0.315 e. The van der Waals surface area contributed by atoms with E-state index in [4.69, 9.17) is 9.47 Å². The Bertz CT molecular complexity index is 507. The van der Waals surface area contributed by atoms with Crippen molar-refractivity contribution in [1.29, 1.82) is 0 Å². The van der Waals surface area contributed by atoms with Crippen molar-refractivity contribution in [3.8, 4) is 0 Å². The second kappa shape index (κ2) is 6.15. The number of carbonyl (C=O) groups excluding carboxylic acids is 2. The Labute approximate surface area is 145 Å². The molecule has 0 radical (unpaired) electrons. The van der Waals surface area contributed by atoms with Crippen LogP contribution in [-0.4, -0.2) is 53.0 Å². The lowest BCUT2D eigenvalue weighted by Crippen LogP contribution is -2.44. The molecule has 0 aromatic carbocycles. The van der Waals surface area contributed by atoms with Crippen LogP contribution in [0.4, 0.5) is 0 Å². The predicted octanol–water partition coefficient (Wildman–Crippen LogP) is 1.92. The molecule has 130 valence electrons. The number of ether oxygens (including phenoxy) is 2. The zero-order valence-corrected chi connectivity index (χ0v) is 15.4. The Morgan fingerprint density at radius 1 is 1.39 bits per heavy atom. The molecule has 3 aliphatic rings. The molecule has 1 aliphatic carbocycles. The topological polar surface area (TPSA) is 72.8 Å². The first-order valence-electron chi connectivity index (χ1n) is 8.01. The van der Waals surface area contributed by atoms with E-state index in [1.54, 1.807) is 6.92 Å². The van der Waals surface area contributed by atoms with E-state index in [0.29, 0.717) is 6.61 Å². The van der Waals surface area contributed by atoms with Gasteiger partial charge in [-0.3, -0.25) is 9.59 Å². The van der Waals surface area contributed by atoms with Crippen LogP contribution in [0.25, 0.3) is 0 Å². The van der Waals surface area contributed by atoms with E-state index in [1.165, 1.54) is 13.5 Å². The molecule has 2 unspecified atom stereocenters. The molecule has 2 heterocycles. The van der Waals surface area contributed by atoms with Crippen LogP contribution in [0.1, 0.15) is 26.7 Å². The summed E-state index contributed by atoms with van der Waals surface area (Å²) in [6.45, 7) is 4.16. The van der Waals surface area contributed by atoms with E-state index in [2.05, 4.69) is 0 Å².